The third-order valence-electron chi connectivity index (χ3n) is 4.90. The average Bonchev–Trinajstić information content (AvgIpc) is 3.49. The molecule has 3 heterocycles. The van der Waals surface area contributed by atoms with Gasteiger partial charge < -0.3 is 9.88 Å². The number of hydrogen-bond acceptors (Lipinski definition) is 4. The summed E-state index contributed by atoms with van der Waals surface area (Å²) in [6, 6.07) is 21.2. The molecular formula is C23H18ClN5OS. The lowest BCUT2D eigenvalue weighted by atomic mass is 10.2. The number of para-hydroxylation sites is 2. The summed E-state index contributed by atoms with van der Waals surface area (Å²) in [5.74, 6) is 1.03. The minimum atomic E-state index is -0.170. The monoisotopic (exact) mass is 447 g/mol. The van der Waals surface area contributed by atoms with E-state index in [9.17, 15) is 4.79 Å². The van der Waals surface area contributed by atoms with Gasteiger partial charge in [-0.2, -0.15) is 9.78 Å². The number of nitrogens with zero attached hydrogens (tertiary/aromatic N) is 4. The summed E-state index contributed by atoms with van der Waals surface area (Å²) in [6.07, 6.45) is 0. The minimum Gasteiger partial charge on any atom is -0.306 e. The van der Waals surface area contributed by atoms with Gasteiger partial charge in [0, 0.05) is 11.1 Å². The Balaban J connectivity index is 1.60. The first-order valence-corrected chi connectivity index (χ1v) is 11.0. The number of rotatable bonds is 5. The Kier molecular flexibility index (Phi) is 5.05. The number of nitrogens with one attached hydrogen (secondary N) is 1. The summed E-state index contributed by atoms with van der Waals surface area (Å²) in [4.78, 5) is 18.1. The van der Waals surface area contributed by atoms with Crippen LogP contribution in [0.4, 0.5) is 5.82 Å². The standard InChI is InChI=1S/C23H18ClN5OS/c1-15-13-21(26-22(30)20-7-4-12-31-20)29(27-15)23-25-18-5-2-3-6-19(18)28(23)14-16-8-10-17(24)11-9-16/h2-13H,14H2,1H3,(H,26,30). The van der Waals surface area contributed by atoms with E-state index in [2.05, 4.69) is 15.0 Å². The maximum absolute atomic E-state index is 12.7. The molecule has 0 saturated heterocycles. The van der Waals surface area contributed by atoms with Gasteiger partial charge in [0.1, 0.15) is 5.82 Å². The molecule has 0 radical (unpaired) electrons. The number of halogens is 1. The van der Waals surface area contributed by atoms with Crippen molar-refractivity contribution in [3.8, 4) is 5.95 Å². The van der Waals surface area contributed by atoms with Crippen molar-refractivity contribution in [1.29, 1.82) is 0 Å². The first-order valence-electron chi connectivity index (χ1n) is 9.70. The van der Waals surface area contributed by atoms with Crippen LogP contribution in [0.25, 0.3) is 17.0 Å². The van der Waals surface area contributed by atoms with Crippen LogP contribution in [0.3, 0.4) is 0 Å². The maximum atomic E-state index is 12.7. The summed E-state index contributed by atoms with van der Waals surface area (Å²) in [5.41, 5.74) is 3.71. The molecule has 2 aromatic carbocycles. The molecule has 1 N–H and O–H groups in total. The van der Waals surface area contributed by atoms with Gasteiger partial charge in [-0.1, -0.05) is 41.9 Å². The fourth-order valence-electron chi connectivity index (χ4n) is 3.48. The average molecular weight is 448 g/mol. The Morgan fingerprint density at radius 1 is 1.10 bits per heavy atom. The first-order chi connectivity index (χ1) is 15.1. The van der Waals surface area contributed by atoms with E-state index in [1.54, 1.807) is 10.7 Å². The van der Waals surface area contributed by atoms with E-state index in [4.69, 9.17) is 16.6 Å². The second-order valence-corrected chi connectivity index (χ2v) is 8.51. The highest BCUT2D eigenvalue weighted by Gasteiger charge is 2.19. The molecule has 0 aliphatic rings. The lowest BCUT2D eigenvalue weighted by Gasteiger charge is -2.12. The Hall–Kier alpha value is -3.42. The number of aryl methyl sites for hydroxylation is 1. The van der Waals surface area contributed by atoms with Gasteiger partial charge in [-0.25, -0.2) is 4.98 Å². The molecule has 5 aromatic rings. The van der Waals surface area contributed by atoms with Crippen LogP contribution >= 0.6 is 22.9 Å². The fraction of sp³-hybridized carbons (Fsp3) is 0.0870. The van der Waals surface area contributed by atoms with Crippen molar-refractivity contribution in [2.75, 3.05) is 5.32 Å². The Morgan fingerprint density at radius 2 is 1.90 bits per heavy atom. The molecule has 0 saturated carbocycles. The van der Waals surface area contributed by atoms with Gasteiger partial charge in [0.25, 0.3) is 5.91 Å². The molecule has 6 nitrogen and oxygen atoms in total. The molecule has 31 heavy (non-hydrogen) atoms. The van der Waals surface area contributed by atoms with Crippen molar-refractivity contribution < 1.29 is 4.79 Å². The van der Waals surface area contributed by atoms with Crippen molar-refractivity contribution in [2.24, 2.45) is 0 Å². The number of fused-ring (bicyclic) bond motifs is 1. The van der Waals surface area contributed by atoms with Gasteiger partial charge in [0.05, 0.1) is 28.1 Å². The maximum Gasteiger partial charge on any atom is 0.266 e. The van der Waals surface area contributed by atoms with E-state index in [1.165, 1.54) is 11.3 Å². The Morgan fingerprint density at radius 3 is 2.68 bits per heavy atom. The van der Waals surface area contributed by atoms with E-state index in [0.717, 1.165) is 22.3 Å². The van der Waals surface area contributed by atoms with Gasteiger partial charge in [0.15, 0.2) is 0 Å². The van der Waals surface area contributed by atoms with Crippen LogP contribution in [0.2, 0.25) is 5.02 Å². The summed E-state index contributed by atoms with van der Waals surface area (Å²) in [6.45, 7) is 2.48. The highest BCUT2D eigenvalue weighted by molar-refractivity contribution is 7.12. The molecule has 0 atom stereocenters. The number of aromatic nitrogens is 4. The second-order valence-electron chi connectivity index (χ2n) is 7.13. The number of benzene rings is 2. The molecule has 0 aliphatic carbocycles. The van der Waals surface area contributed by atoms with Gasteiger partial charge in [-0.15, -0.1) is 11.3 Å². The molecular weight excluding hydrogens is 430 g/mol. The van der Waals surface area contributed by atoms with Crippen LogP contribution in [0.1, 0.15) is 20.9 Å². The van der Waals surface area contributed by atoms with Crippen molar-refractivity contribution in [3.63, 3.8) is 0 Å². The van der Waals surface area contributed by atoms with Gasteiger partial charge >= 0.3 is 0 Å². The lowest BCUT2D eigenvalue weighted by molar-refractivity contribution is 0.103. The number of amides is 1. The molecule has 0 aliphatic heterocycles. The third kappa shape index (κ3) is 3.85. The van der Waals surface area contributed by atoms with Gasteiger partial charge in [-0.3, -0.25) is 4.79 Å². The zero-order valence-electron chi connectivity index (χ0n) is 16.6. The zero-order chi connectivity index (χ0) is 21.4. The zero-order valence-corrected chi connectivity index (χ0v) is 18.2. The van der Waals surface area contributed by atoms with E-state index < -0.39 is 0 Å². The smallest absolute Gasteiger partial charge is 0.266 e. The molecule has 0 spiro atoms. The molecule has 3 aromatic heterocycles. The van der Waals surface area contributed by atoms with Crippen LogP contribution in [-0.4, -0.2) is 25.2 Å². The summed E-state index contributed by atoms with van der Waals surface area (Å²) < 4.78 is 3.78. The van der Waals surface area contributed by atoms with Gasteiger partial charge in [0.2, 0.25) is 5.95 Å². The molecule has 8 heteroatoms. The van der Waals surface area contributed by atoms with Crippen molar-refractivity contribution in [1.82, 2.24) is 19.3 Å². The van der Waals surface area contributed by atoms with E-state index in [0.29, 0.717) is 28.2 Å². The quantitative estimate of drug-likeness (QED) is 0.384. The number of imidazole rings is 1. The fourth-order valence-corrected chi connectivity index (χ4v) is 4.22. The van der Waals surface area contributed by atoms with Crippen LogP contribution < -0.4 is 5.32 Å². The second kappa shape index (κ2) is 8.02. The Bertz CT molecular complexity index is 1370. The summed E-state index contributed by atoms with van der Waals surface area (Å²) in [7, 11) is 0. The summed E-state index contributed by atoms with van der Waals surface area (Å²) in [5, 5.41) is 10.2. The predicted octanol–water partition coefficient (Wildman–Crippen LogP) is 5.55. The third-order valence-corrected chi connectivity index (χ3v) is 6.02. The normalized spacial score (nSPS) is 11.2. The van der Waals surface area contributed by atoms with E-state index in [-0.39, 0.29) is 5.91 Å². The molecule has 154 valence electrons. The molecule has 0 unspecified atom stereocenters. The van der Waals surface area contributed by atoms with Crippen LogP contribution in [0.15, 0.2) is 72.1 Å². The number of carbonyl (C=O) groups is 1. The first kappa shape index (κ1) is 19.5. The minimum absolute atomic E-state index is 0.170. The van der Waals surface area contributed by atoms with E-state index in [1.807, 2.05) is 73.0 Å². The van der Waals surface area contributed by atoms with Crippen molar-refractivity contribution >= 4 is 45.7 Å². The number of anilines is 1. The summed E-state index contributed by atoms with van der Waals surface area (Å²) >= 11 is 7.45. The van der Waals surface area contributed by atoms with Crippen LogP contribution in [-0.2, 0) is 6.54 Å². The van der Waals surface area contributed by atoms with Crippen LogP contribution in [0, 0.1) is 6.92 Å². The Labute approximate surface area is 187 Å². The number of thiophene rings is 1. The predicted molar refractivity (Wildman–Crippen MR) is 124 cm³/mol. The number of hydrogen-bond donors (Lipinski definition) is 1. The number of carbonyl (C=O) groups excluding carboxylic acids is 1. The van der Waals surface area contributed by atoms with Crippen molar-refractivity contribution in [3.05, 3.63) is 93.3 Å². The van der Waals surface area contributed by atoms with E-state index >= 15 is 0 Å². The lowest BCUT2D eigenvalue weighted by Crippen LogP contribution is -2.16. The topological polar surface area (TPSA) is 64.7 Å². The largest absolute Gasteiger partial charge is 0.306 e. The highest BCUT2D eigenvalue weighted by atomic mass is 35.5. The molecule has 5 rings (SSSR count). The highest BCUT2D eigenvalue weighted by Crippen LogP contribution is 2.25. The SMILES string of the molecule is Cc1cc(NC(=O)c2cccs2)n(-c2nc3ccccc3n2Cc2ccc(Cl)cc2)n1. The van der Waals surface area contributed by atoms with Gasteiger partial charge in [-0.05, 0) is 48.2 Å². The molecule has 0 fully saturated rings. The van der Waals surface area contributed by atoms with Crippen LogP contribution in [0.5, 0.6) is 0 Å². The molecule has 1 amide bonds. The molecule has 0 bridgehead atoms. The van der Waals surface area contributed by atoms with Crippen molar-refractivity contribution in [2.45, 2.75) is 13.5 Å².